The molecule has 5 nitrogen and oxygen atoms in total. The maximum atomic E-state index is 11.5. The van der Waals surface area contributed by atoms with Gasteiger partial charge in [-0.15, -0.1) is 0 Å². The predicted octanol–water partition coefficient (Wildman–Crippen LogP) is -0.0750. The van der Waals surface area contributed by atoms with Crippen molar-refractivity contribution < 1.29 is 4.79 Å². The number of piperazine rings is 1. The summed E-state index contributed by atoms with van der Waals surface area (Å²) < 4.78 is 0. The van der Waals surface area contributed by atoms with Gasteiger partial charge in [-0.05, 0) is 19.8 Å². The molecule has 0 spiro atoms. The molecular formula is C12H24N4O. The molecule has 0 bridgehead atoms. The second-order valence-electron chi connectivity index (χ2n) is 5.19. The first-order valence-electron chi connectivity index (χ1n) is 6.71. The lowest BCUT2D eigenvalue weighted by atomic mass is 10.1. The zero-order valence-corrected chi connectivity index (χ0v) is 10.7. The Morgan fingerprint density at radius 1 is 1.24 bits per heavy atom. The summed E-state index contributed by atoms with van der Waals surface area (Å²) >= 11 is 0. The number of hydrogen-bond donors (Lipinski definition) is 2. The molecule has 1 saturated carbocycles. The van der Waals surface area contributed by atoms with Crippen molar-refractivity contribution in [3.05, 3.63) is 0 Å². The molecule has 17 heavy (non-hydrogen) atoms. The Balaban J connectivity index is 1.79. The maximum absolute atomic E-state index is 11.5. The molecule has 1 saturated heterocycles. The van der Waals surface area contributed by atoms with Gasteiger partial charge in [0.05, 0.1) is 6.04 Å². The van der Waals surface area contributed by atoms with Crippen LogP contribution < -0.4 is 11.3 Å². The number of hydrogen-bond acceptors (Lipinski definition) is 4. The summed E-state index contributed by atoms with van der Waals surface area (Å²) in [6, 6.07) is 0.696. The van der Waals surface area contributed by atoms with Crippen LogP contribution >= 0.6 is 0 Å². The standard InChI is InChI=1S/C12H24N4O/c1-10(12(17)14-13)15-6-8-16(9-7-15)11-4-2-3-5-11/h10-11H,2-9,13H2,1H3,(H,14,17). The van der Waals surface area contributed by atoms with Crippen LogP contribution in [-0.4, -0.2) is 54.0 Å². The molecule has 0 aromatic rings. The Morgan fingerprint density at radius 3 is 2.35 bits per heavy atom. The Kier molecular flexibility index (Phi) is 4.36. The van der Waals surface area contributed by atoms with Crippen LogP contribution in [-0.2, 0) is 4.79 Å². The summed E-state index contributed by atoms with van der Waals surface area (Å²) in [6.45, 7) is 6.06. The molecule has 5 heteroatoms. The van der Waals surface area contributed by atoms with E-state index in [-0.39, 0.29) is 11.9 Å². The lowest BCUT2D eigenvalue weighted by Crippen LogP contribution is -2.56. The molecular weight excluding hydrogens is 216 g/mol. The minimum atomic E-state index is -0.106. The van der Waals surface area contributed by atoms with Gasteiger partial charge in [-0.25, -0.2) is 5.84 Å². The number of hydrazine groups is 1. The second kappa shape index (κ2) is 5.80. The molecule has 0 radical (unpaired) electrons. The number of nitrogens with zero attached hydrogens (tertiary/aromatic N) is 2. The van der Waals surface area contributed by atoms with Gasteiger partial charge in [-0.1, -0.05) is 12.8 Å². The van der Waals surface area contributed by atoms with E-state index in [1.54, 1.807) is 0 Å². The van der Waals surface area contributed by atoms with Gasteiger partial charge in [0.25, 0.3) is 5.91 Å². The highest BCUT2D eigenvalue weighted by atomic mass is 16.2. The highest BCUT2D eigenvalue weighted by Gasteiger charge is 2.29. The van der Waals surface area contributed by atoms with Gasteiger partial charge >= 0.3 is 0 Å². The van der Waals surface area contributed by atoms with Crippen LogP contribution in [0.5, 0.6) is 0 Å². The third-order valence-corrected chi connectivity index (χ3v) is 4.26. The van der Waals surface area contributed by atoms with Gasteiger partial charge in [-0.3, -0.25) is 20.0 Å². The average molecular weight is 240 g/mol. The van der Waals surface area contributed by atoms with Crippen molar-refractivity contribution in [2.24, 2.45) is 5.84 Å². The van der Waals surface area contributed by atoms with Gasteiger partial charge in [0, 0.05) is 32.2 Å². The highest BCUT2D eigenvalue weighted by molar-refractivity contribution is 5.80. The van der Waals surface area contributed by atoms with E-state index in [1.807, 2.05) is 6.92 Å². The number of nitrogens with two attached hydrogens (primary N) is 1. The Hall–Kier alpha value is -0.650. The first-order chi connectivity index (χ1) is 8.22. The zero-order valence-electron chi connectivity index (χ0n) is 10.7. The molecule has 3 N–H and O–H groups in total. The third kappa shape index (κ3) is 2.97. The molecule has 1 atom stereocenters. The Morgan fingerprint density at radius 2 is 1.82 bits per heavy atom. The fourth-order valence-electron chi connectivity index (χ4n) is 3.05. The summed E-state index contributed by atoms with van der Waals surface area (Å²) in [7, 11) is 0. The van der Waals surface area contributed by atoms with Crippen LogP contribution in [0.4, 0.5) is 0 Å². The monoisotopic (exact) mass is 240 g/mol. The largest absolute Gasteiger partial charge is 0.298 e. The predicted molar refractivity (Wildman–Crippen MR) is 67.2 cm³/mol. The van der Waals surface area contributed by atoms with E-state index in [4.69, 9.17) is 5.84 Å². The number of carbonyl (C=O) groups is 1. The van der Waals surface area contributed by atoms with Crippen molar-refractivity contribution in [3.8, 4) is 0 Å². The summed E-state index contributed by atoms with van der Waals surface area (Å²) in [4.78, 5) is 16.3. The molecule has 0 aromatic carbocycles. The number of nitrogens with one attached hydrogen (secondary N) is 1. The van der Waals surface area contributed by atoms with Gasteiger partial charge in [0.1, 0.15) is 0 Å². The first kappa shape index (κ1) is 12.8. The molecule has 1 aliphatic carbocycles. The molecule has 98 valence electrons. The van der Waals surface area contributed by atoms with Gasteiger partial charge in [0.2, 0.25) is 0 Å². The topological polar surface area (TPSA) is 61.6 Å². The maximum Gasteiger partial charge on any atom is 0.250 e. The van der Waals surface area contributed by atoms with Crippen LogP contribution in [0.2, 0.25) is 0 Å². The normalized spacial score (nSPS) is 26.0. The van der Waals surface area contributed by atoms with E-state index in [2.05, 4.69) is 15.2 Å². The SMILES string of the molecule is CC(C(=O)NN)N1CCN(C2CCCC2)CC1. The molecule has 0 aromatic heterocycles. The lowest BCUT2D eigenvalue weighted by molar-refractivity contribution is -0.126. The second-order valence-corrected chi connectivity index (χ2v) is 5.19. The van der Waals surface area contributed by atoms with E-state index in [1.165, 1.54) is 25.7 Å². The minimum absolute atomic E-state index is 0.0840. The number of amides is 1. The number of rotatable bonds is 3. The van der Waals surface area contributed by atoms with Gasteiger partial charge in [0.15, 0.2) is 0 Å². The van der Waals surface area contributed by atoms with Crippen LogP contribution in [0.25, 0.3) is 0 Å². The smallest absolute Gasteiger partial charge is 0.250 e. The zero-order chi connectivity index (χ0) is 12.3. The highest BCUT2D eigenvalue weighted by Crippen LogP contribution is 2.24. The van der Waals surface area contributed by atoms with Crippen molar-refractivity contribution in [2.45, 2.75) is 44.7 Å². The van der Waals surface area contributed by atoms with Crippen molar-refractivity contribution in [1.29, 1.82) is 0 Å². The molecule has 1 aliphatic heterocycles. The molecule has 2 rings (SSSR count). The lowest BCUT2D eigenvalue weighted by Gasteiger charge is -2.39. The molecule has 2 fully saturated rings. The van der Waals surface area contributed by atoms with E-state index in [0.29, 0.717) is 0 Å². The molecule has 1 heterocycles. The van der Waals surface area contributed by atoms with Gasteiger partial charge in [-0.2, -0.15) is 0 Å². The van der Waals surface area contributed by atoms with Crippen LogP contribution in [0.3, 0.4) is 0 Å². The van der Waals surface area contributed by atoms with Crippen molar-refractivity contribution in [3.63, 3.8) is 0 Å². The van der Waals surface area contributed by atoms with E-state index in [9.17, 15) is 4.79 Å². The summed E-state index contributed by atoms with van der Waals surface area (Å²) in [5.41, 5.74) is 2.23. The molecule has 2 aliphatic rings. The van der Waals surface area contributed by atoms with Gasteiger partial charge < -0.3 is 0 Å². The van der Waals surface area contributed by atoms with Crippen LogP contribution in [0.15, 0.2) is 0 Å². The molecule has 1 amide bonds. The fraction of sp³-hybridized carbons (Fsp3) is 0.917. The van der Waals surface area contributed by atoms with Crippen LogP contribution in [0.1, 0.15) is 32.6 Å². The van der Waals surface area contributed by atoms with E-state index < -0.39 is 0 Å². The average Bonchev–Trinajstić information content (AvgIpc) is 2.91. The van der Waals surface area contributed by atoms with E-state index in [0.717, 1.165) is 32.2 Å². The van der Waals surface area contributed by atoms with Crippen molar-refractivity contribution in [2.75, 3.05) is 26.2 Å². The summed E-state index contributed by atoms with van der Waals surface area (Å²) in [5, 5.41) is 0. The third-order valence-electron chi connectivity index (χ3n) is 4.26. The summed E-state index contributed by atoms with van der Waals surface area (Å²) in [5.74, 6) is 5.09. The molecule has 1 unspecified atom stereocenters. The Bertz CT molecular complexity index is 257. The van der Waals surface area contributed by atoms with Crippen molar-refractivity contribution in [1.82, 2.24) is 15.2 Å². The van der Waals surface area contributed by atoms with Crippen molar-refractivity contribution >= 4 is 5.91 Å². The Labute approximate surface area is 103 Å². The minimum Gasteiger partial charge on any atom is -0.298 e. The van der Waals surface area contributed by atoms with Crippen LogP contribution in [0, 0.1) is 0 Å². The number of carbonyl (C=O) groups excluding carboxylic acids is 1. The summed E-state index contributed by atoms with van der Waals surface area (Å²) in [6.07, 6.45) is 5.49. The fourth-order valence-corrected chi connectivity index (χ4v) is 3.05. The first-order valence-corrected chi connectivity index (χ1v) is 6.71. The quantitative estimate of drug-likeness (QED) is 0.412. The van der Waals surface area contributed by atoms with E-state index >= 15 is 0 Å².